The second-order valence-corrected chi connectivity index (χ2v) is 5.33. The van der Waals surface area contributed by atoms with Crippen molar-refractivity contribution in [2.45, 2.75) is 46.1 Å². The van der Waals surface area contributed by atoms with Crippen molar-refractivity contribution in [2.75, 3.05) is 6.54 Å². The molecule has 1 aromatic heterocycles. The van der Waals surface area contributed by atoms with Crippen molar-refractivity contribution in [1.29, 1.82) is 0 Å². The summed E-state index contributed by atoms with van der Waals surface area (Å²) in [6.07, 6.45) is 0.901. The molecule has 5 heteroatoms. The van der Waals surface area contributed by atoms with Crippen molar-refractivity contribution in [2.24, 2.45) is 0 Å². The maximum atomic E-state index is 13.5. The molecular formula is C16H22FN3O. The summed E-state index contributed by atoms with van der Waals surface area (Å²) in [6, 6.07) is 5.01. The first-order valence-electron chi connectivity index (χ1n) is 7.39. The van der Waals surface area contributed by atoms with Crippen LogP contribution >= 0.6 is 0 Å². The number of nitrogens with one attached hydrogen (secondary N) is 1. The van der Waals surface area contributed by atoms with Crippen LogP contribution in [0, 0.1) is 12.7 Å². The molecule has 0 aliphatic heterocycles. The molecule has 0 radical (unpaired) electrons. The lowest BCUT2D eigenvalue weighted by molar-refractivity contribution is 0.318. The number of halogens is 1. The number of hydrogen-bond donors (Lipinski definition) is 1. The lowest BCUT2D eigenvalue weighted by Crippen LogP contribution is -2.31. The topological polar surface area (TPSA) is 51.0 Å². The van der Waals surface area contributed by atoms with Gasteiger partial charge in [-0.15, -0.1) is 0 Å². The van der Waals surface area contributed by atoms with E-state index in [0.29, 0.717) is 17.3 Å². The maximum absolute atomic E-state index is 13.5. The van der Waals surface area contributed by atoms with Gasteiger partial charge in [-0.25, -0.2) is 4.39 Å². The van der Waals surface area contributed by atoms with Gasteiger partial charge in [0.2, 0.25) is 11.7 Å². The molecule has 0 amide bonds. The average molecular weight is 291 g/mol. The highest BCUT2D eigenvalue weighted by molar-refractivity contribution is 5.55. The maximum Gasteiger partial charge on any atom is 0.231 e. The lowest BCUT2D eigenvalue weighted by atomic mass is 9.98. The minimum Gasteiger partial charge on any atom is -0.339 e. The standard InChI is InChI=1S/C16H22FN3O/c1-5-14(11(4)18-6-2)16-19-15(20-21-16)12-7-10(3)8-13(17)9-12/h7-9,11,14,18H,5-6H2,1-4H3. The molecule has 114 valence electrons. The van der Waals surface area contributed by atoms with Crippen LogP contribution in [0.15, 0.2) is 22.7 Å². The Bertz CT molecular complexity index is 577. The van der Waals surface area contributed by atoms with E-state index in [1.807, 2.05) is 13.0 Å². The molecule has 4 nitrogen and oxygen atoms in total. The van der Waals surface area contributed by atoms with Gasteiger partial charge in [-0.3, -0.25) is 0 Å². The van der Waals surface area contributed by atoms with Crippen LogP contribution in [0.4, 0.5) is 4.39 Å². The summed E-state index contributed by atoms with van der Waals surface area (Å²) in [7, 11) is 0. The van der Waals surface area contributed by atoms with Gasteiger partial charge in [0.1, 0.15) is 5.82 Å². The smallest absolute Gasteiger partial charge is 0.231 e. The van der Waals surface area contributed by atoms with E-state index >= 15 is 0 Å². The van der Waals surface area contributed by atoms with Gasteiger partial charge in [0.15, 0.2) is 0 Å². The Hall–Kier alpha value is -1.75. The Kier molecular flexibility index (Phi) is 5.07. The van der Waals surface area contributed by atoms with Gasteiger partial charge in [-0.1, -0.05) is 19.0 Å². The Morgan fingerprint density at radius 1 is 1.29 bits per heavy atom. The molecule has 21 heavy (non-hydrogen) atoms. The van der Waals surface area contributed by atoms with Crippen LogP contribution in [0.1, 0.15) is 44.6 Å². The van der Waals surface area contributed by atoms with E-state index in [1.165, 1.54) is 12.1 Å². The summed E-state index contributed by atoms with van der Waals surface area (Å²) >= 11 is 0. The zero-order valence-electron chi connectivity index (χ0n) is 13.0. The largest absolute Gasteiger partial charge is 0.339 e. The summed E-state index contributed by atoms with van der Waals surface area (Å²) in [5.41, 5.74) is 1.48. The van der Waals surface area contributed by atoms with Gasteiger partial charge in [0.05, 0.1) is 5.92 Å². The molecule has 1 aromatic carbocycles. The van der Waals surface area contributed by atoms with Crippen molar-refractivity contribution < 1.29 is 8.91 Å². The summed E-state index contributed by atoms with van der Waals surface area (Å²) in [5.74, 6) is 0.905. The van der Waals surface area contributed by atoms with E-state index in [0.717, 1.165) is 18.5 Å². The van der Waals surface area contributed by atoms with Gasteiger partial charge in [-0.05, 0) is 50.6 Å². The van der Waals surface area contributed by atoms with Gasteiger partial charge in [-0.2, -0.15) is 4.98 Å². The molecule has 1 N–H and O–H groups in total. The number of aromatic nitrogens is 2. The third kappa shape index (κ3) is 3.67. The van der Waals surface area contributed by atoms with Gasteiger partial charge < -0.3 is 9.84 Å². The van der Waals surface area contributed by atoms with Crippen molar-refractivity contribution in [3.8, 4) is 11.4 Å². The summed E-state index contributed by atoms with van der Waals surface area (Å²) in [5, 5.41) is 7.37. The third-order valence-corrected chi connectivity index (χ3v) is 3.63. The number of likely N-dealkylation sites (N-methyl/N-ethyl adjacent to an activating group) is 1. The molecule has 1 heterocycles. The molecule has 2 aromatic rings. The van der Waals surface area contributed by atoms with Crippen LogP contribution < -0.4 is 5.32 Å². The zero-order valence-corrected chi connectivity index (χ0v) is 13.0. The minimum absolute atomic E-state index is 0.154. The zero-order chi connectivity index (χ0) is 15.4. The SMILES string of the molecule is CCNC(C)C(CC)c1nc(-c2cc(C)cc(F)c2)no1. The highest BCUT2D eigenvalue weighted by atomic mass is 19.1. The Balaban J connectivity index is 2.27. The fourth-order valence-electron chi connectivity index (χ4n) is 2.57. The van der Waals surface area contributed by atoms with E-state index in [4.69, 9.17) is 4.52 Å². The number of nitrogens with zero attached hydrogens (tertiary/aromatic N) is 2. The van der Waals surface area contributed by atoms with E-state index in [1.54, 1.807) is 0 Å². The minimum atomic E-state index is -0.288. The Morgan fingerprint density at radius 2 is 2.05 bits per heavy atom. The average Bonchev–Trinajstić information content (AvgIpc) is 2.88. The summed E-state index contributed by atoms with van der Waals surface area (Å²) < 4.78 is 18.9. The van der Waals surface area contributed by atoms with Crippen LogP contribution in [0.25, 0.3) is 11.4 Å². The van der Waals surface area contributed by atoms with E-state index < -0.39 is 0 Å². The fourth-order valence-corrected chi connectivity index (χ4v) is 2.57. The first-order chi connectivity index (χ1) is 10.0. The van der Waals surface area contributed by atoms with Crippen molar-refractivity contribution in [1.82, 2.24) is 15.5 Å². The quantitative estimate of drug-likeness (QED) is 0.882. The molecule has 0 saturated heterocycles. The second-order valence-electron chi connectivity index (χ2n) is 5.33. The van der Waals surface area contributed by atoms with Crippen LogP contribution in [0.5, 0.6) is 0 Å². The number of rotatable bonds is 6. The molecule has 0 saturated carbocycles. The monoisotopic (exact) mass is 291 g/mol. The highest BCUT2D eigenvalue weighted by Gasteiger charge is 2.23. The van der Waals surface area contributed by atoms with Crippen molar-refractivity contribution in [3.05, 3.63) is 35.5 Å². The van der Waals surface area contributed by atoms with Gasteiger partial charge in [0.25, 0.3) is 0 Å². The number of hydrogen-bond acceptors (Lipinski definition) is 4. The lowest BCUT2D eigenvalue weighted by Gasteiger charge is -2.19. The van der Waals surface area contributed by atoms with Crippen LogP contribution in [-0.4, -0.2) is 22.7 Å². The molecule has 0 fully saturated rings. The fraction of sp³-hybridized carbons (Fsp3) is 0.500. The van der Waals surface area contributed by atoms with Crippen LogP contribution in [-0.2, 0) is 0 Å². The third-order valence-electron chi connectivity index (χ3n) is 3.63. The van der Waals surface area contributed by atoms with E-state index in [2.05, 4.69) is 36.2 Å². The first-order valence-corrected chi connectivity index (χ1v) is 7.39. The van der Waals surface area contributed by atoms with Gasteiger partial charge >= 0.3 is 0 Å². The van der Waals surface area contributed by atoms with Crippen LogP contribution in [0.2, 0.25) is 0 Å². The highest BCUT2D eigenvalue weighted by Crippen LogP contribution is 2.25. The molecule has 0 bridgehead atoms. The molecular weight excluding hydrogens is 269 g/mol. The molecule has 2 rings (SSSR count). The first kappa shape index (κ1) is 15.6. The Labute approximate surface area is 124 Å². The van der Waals surface area contributed by atoms with Crippen molar-refractivity contribution >= 4 is 0 Å². The predicted octanol–water partition coefficient (Wildman–Crippen LogP) is 3.68. The second kappa shape index (κ2) is 6.80. The normalized spacial score (nSPS) is 14.1. The number of aryl methyl sites for hydroxylation is 1. The number of benzene rings is 1. The van der Waals surface area contributed by atoms with E-state index in [-0.39, 0.29) is 17.8 Å². The van der Waals surface area contributed by atoms with E-state index in [9.17, 15) is 4.39 Å². The predicted molar refractivity (Wildman–Crippen MR) is 80.6 cm³/mol. The van der Waals surface area contributed by atoms with Gasteiger partial charge in [0, 0.05) is 11.6 Å². The molecule has 0 spiro atoms. The molecule has 2 unspecified atom stereocenters. The van der Waals surface area contributed by atoms with Crippen LogP contribution in [0.3, 0.4) is 0 Å². The summed E-state index contributed by atoms with van der Waals surface area (Å²) in [6.45, 7) is 9.00. The molecule has 0 aliphatic carbocycles. The summed E-state index contributed by atoms with van der Waals surface area (Å²) in [4.78, 5) is 4.45. The molecule has 0 aliphatic rings. The molecule has 2 atom stereocenters. The Morgan fingerprint density at radius 3 is 2.67 bits per heavy atom. The van der Waals surface area contributed by atoms with Crippen molar-refractivity contribution in [3.63, 3.8) is 0 Å².